The number of nitrogens with zero attached hydrogens (tertiary/aromatic N) is 3. The molecule has 0 spiro atoms. The summed E-state index contributed by atoms with van der Waals surface area (Å²) in [5.41, 5.74) is 2.39. The van der Waals surface area contributed by atoms with Gasteiger partial charge in [-0.1, -0.05) is 44.0 Å². The van der Waals surface area contributed by atoms with Gasteiger partial charge in [0.05, 0.1) is 5.41 Å². The largest absolute Gasteiger partial charge is 0.355 e. The highest BCUT2D eigenvalue weighted by molar-refractivity contribution is 14.0. The number of nitrogens with one attached hydrogen (secondary N) is 2. The van der Waals surface area contributed by atoms with Crippen molar-refractivity contribution in [2.75, 3.05) is 40.8 Å². The summed E-state index contributed by atoms with van der Waals surface area (Å²) in [6.45, 7) is 7.11. The van der Waals surface area contributed by atoms with Crippen LogP contribution in [0.15, 0.2) is 29.3 Å². The predicted molar refractivity (Wildman–Crippen MR) is 143 cm³/mol. The van der Waals surface area contributed by atoms with Crippen LogP contribution in [0, 0.1) is 11.3 Å². The monoisotopic (exact) mass is 555 g/mol. The van der Waals surface area contributed by atoms with Crippen molar-refractivity contribution < 1.29 is 4.79 Å². The zero-order valence-corrected chi connectivity index (χ0v) is 22.7. The van der Waals surface area contributed by atoms with Crippen LogP contribution in [0.5, 0.6) is 0 Å². The Hall–Kier alpha value is -1.35. The number of guanidine groups is 1. The van der Waals surface area contributed by atoms with E-state index in [1.54, 1.807) is 11.9 Å². The zero-order valence-electron chi connectivity index (χ0n) is 20.3. The first kappa shape index (κ1) is 26.9. The fraction of sp³-hybridized carbons (Fsp3) is 0.680. The van der Waals surface area contributed by atoms with Crippen molar-refractivity contribution in [3.63, 3.8) is 0 Å². The molecule has 2 aliphatic rings. The maximum Gasteiger partial charge on any atom is 0.230 e. The van der Waals surface area contributed by atoms with Gasteiger partial charge in [0.25, 0.3) is 0 Å². The molecule has 7 heteroatoms. The number of halogens is 1. The minimum atomic E-state index is -0.301. The van der Waals surface area contributed by atoms with E-state index in [1.807, 2.05) is 14.1 Å². The minimum absolute atomic E-state index is 0. The summed E-state index contributed by atoms with van der Waals surface area (Å²) in [4.78, 5) is 21.5. The molecule has 1 amide bonds. The van der Waals surface area contributed by atoms with Gasteiger partial charge in [-0.2, -0.15) is 0 Å². The van der Waals surface area contributed by atoms with E-state index < -0.39 is 0 Å². The summed E-state index contributed by atoms with van der Waals surface area (Å²) in [5.74, 6) is 1.85. The average molecular weight is 556 g/mol. The standard InChI is InChI=1S/C25H41N5O.HI/c1-20-11-15-30(16-12-20)18-22-10-6-5-9-21(22)17-27-24(26-2)28-19-25(13-7-8-14-25)23(31)29(3)4;/h5-6,9-10,20H,7-8,11-19H2,1-4H3,(H2,26,27,28);1H. The number of carbonyl (C=O) groups is 1. The molecule has 1 aliphatic carbocycles. The number of aliphatic imine (C=N–C) groups is 1. The van der Waals surface area contributed by atoms with Crippen molar-refractivity contribution in [3.8, 4) is 0 Å². The van der Waals surface area contributed by atoms with E-state index >= 15 is 0 Å². The second-order valence-corrected chi connectivity index (χ2v) is 9.69. The Bertz CT molecular complexity index is 752. The summed E-state index contributed by atoms with van der Waals surface area (Å²) in [7, 11) is 5.51. The Labute approximate surface area is 211 Å². The number of likely N-dealkylation sites (tertiary alicyclic amines) is 1. The van der Waals surface area contributed by atoms with Crippen LogP contribution in [0.4, 0.5) is 0 Å². The molecular formula is C25H42IN5O. The first-order valence-electron chi connectivity index (χ1n) is 11.9. The van der Waals surface area contributed by atoms with Gasteiger partial charge in [0.2, 0.25) is 5.91 Å². The fourth-order valence-electron chi connectivity index (χ4n) is 4.99. The van der Waals surface area contributed by atoms with Crippen molar-refractivity contribution >= 4 is 35.8 Å². The third-order valence-corrected chi connectivity index (χ3v) is 7.07. The molecule has 0 unspecified atom stereocenters. The van der Waals surface area contributed by atoms with E-state index in [4.69, 9.17) is 0 Å². The molecule has 0 aromatic heterocycles. The highest BCUT2D eigenvalue weighted by Crippen LogP contribution is 2.38. The molecule has 1 saturated carbocycles. The van der Waals surface area contributed by atoms with E-state index in [0.29, 0.717) is 6.54 Å². The second kappa shape index (κ2) is 12.8. The quantitative estimate of drug-likeness (QED) is 0.305. The van der Waals surface area contributed by atoms with Gasteiger partial charge in [-0.05, 0) is 55.8 Å². The molecule has 2 fully saturated rings. The third kappa shape index (κ3) is 7.07. The first-order chi connectivity index (χ1) is 14.9. The molecule has 1 aromatic rings. The predicted octanol–water partition coefficient (Wildman–Crippen LogP) is 3.85. The van der Waals surface area contributed by atoms with Gasteiger partial charge in [0, 0.05) is 40.8 Å². The summed E-state index contributed by atoms with van der Waals surface area (Å²) in [5, 5.41) is 6.92. The smallest absolute Gasteiger partial charge is 0.230 e. The highest BCUT2D eigenvalue weighted by atomic mass is 127. The van der Waals surface area contributed by atoms with Gasteiger partial charge in [0.1, 0.15) is 0 Å². The number of hydrogen-bond acceptors (Lipinski definition) is 3. The molecule has 180 valence electrons. The van der Waals surface area contributed by atoms with Gasteiger partial charge in [-0.25, -0.2) is 0 Å². The first-order valence-corrected chi connectivity index (χ1v) is 11.9. The van der Waals surface area contributed by atoms with Crippen LogP contribution in [-0.2, 0) is 17.9 Å². The molecule has 1 aliphatic heterocycles. The van der Waals surface area contributed by atoms with E-state index in [2.05, 4.69) is 51.7 Å². The topological polar surface area (TPSA) is 60.0 Å². The van der Waals surface area contributed by atoms with E-state index in [1.165, 1.54) is 37.1 Å². The Balaban J connectivity index is 0.00000363. The lowest BCUT2D eigenvalue weighted by atomic mass is 9.84. The summed E-state index contributed by atoms with van der Waals surface area (Å²) in [6.07, 6.45) is 6.73. The van der Waals surface area contributed by atoms with E-state index in [9.17, 15) is 4.79 Å². The van der Waals surface area contributed by atoms with Crippen LogP contribution in [0.1, 0.15) is 56.6 Å². The lowest BCUT2D eigenvalue weighted by Crippen LogP contribution is -2.49. The number of rotatable bonds is 7. The van der Waals surface area contributed by atoms with E-state index in [-0.39, 0.29) is 35.3 Å². The normalized spacial score (nSPS) is 19.3. The maximum absolute atomic E-state index is 12.8. The number of benzene rings is 1. The Kier molecular flexibility index (Phi) is 10.7. The van der Waals surface area contributed by atoms with Crippen LogP contribution < -0.4 is 10.6 Å². The molecule has 1 saturated heterocycles. The molecule has 1 aromatic carbocycles. The molecule has 2 N–H and O–H groups in total. The van der Waals surface area contributed by atoms with Crippen molar-refractivity contribution in [2.45, 2.75) is 58.5 Å². The molecule has 6 nitrogen and oxygen atoms in total. The van der Waals surface area contributed by atoms with Crippen LogP contribution in [0.2, 0.25) is 0 Å². The molecule has 0 atom stereocenters. The second-order valence-electron chi connectivity index (χ2n) is 9.69. The molecule has 0 radical (unpaired) electrons. The Morgan fingerprint density at radius 3 is 2.34 bits per heavy atom. The van der Waals surface area contributed by atoms with Crippen LogP contribution in [-0.4, -0.2) is 62.4 Å². The van der Waals surface area contributed by atoms with Gasteiger partial charge in [0.15, 0.2) is 5.96 Å². The van der Waals surface area contributed by atoms with Crippen molar-refractivity contribution in [3.05, 3.63) is 35.4 Å². The minimum Gasteiger partial charge on any atom is -0.355 e. The summed E-state index contributed by atoms with van der Waals surface area (Å²) < 4.78 is 0. The number of piperidine rings is 1. The maximum atomic E-state index is 12.8. The van der Waals surface area contributed by atoms with Gasteiger partial charge >= 0.3 is 0 Å². The highest BCUT2D eigenvalue weighted by Gasteiger charge is 2.42. The molecular weight excluding hydrogens is 513 g/mol. The van der Waals surface area contributed by atoms with Gasteiger partial charge < -0.3 is 15.5 Å². The molecule has 32 heavy (non-hydrogen) atoms. The lowest BCUT2D eigenvalue weighted by Gasteiger charge is -2.31. The van der Waals surface area contributed by atoms with Crippen molar-refractivity contribution in [1.29, 1.82) is 0 Å². The average Bonchev–Trinajstić information content (AvgIpc) is 3.26. The summed E-state index contributed by atoms with van der Waals surface area (Å²) in [6, 6.07) is 8.69. The van der Waals surface area contributed by atoms with Crippen LogP contribution in [0.3, 0.4) is 0 Å². The van der Waals surface area contributed by atoms with Crippen molar-refractivity contribution in [1.82, 2.24) is 20.4 Å². The van der Waals surface area contributed by atoms with Crippen LogP contribution in [0.25, 0.3) is 0 Å². The Morgan fingerprint density at radius 1 is 1.12 bits per heavy atom. The number of carbonyl (C=O) groups excluding carboxylic acids is 1. The van der Waals surface area contributed by atoms with Crippen molar-refractivity contribution in [2.24, 2.45) is 16.3 Å². The zero-order chi connectivity index (χ0) is 22.3. The summed E-state index contributed by atoms with van der Waals surface area (Å²) >= 11 is 0. The molecule has 0 bridgehead atoms. The van der Waals surface area contributed by atoms with Gasteiger partial charge in [-0.3, -0.25) is 14.7 Å². The SMILES string of the molecule is CN=C(NCc1ccccc1CN1CCC(C)CC1)NCC1(C(=O)N(C)C)CCCC1.I. The van der Waals surface area contributed by atoms with Gasteiger partial charge in [-0.15, -0.1) is 24.0 Å². The lowest BCUT2D eigenvalue weighted by molar-refractivity contribution is -0.138. The van der Waals surface area contributed by atoms with Crippen LogP contribution >= 0.6 is 24.0 Å². The Morgan fingerprint density at radius 2 is 1.75 bits per heavy atom. The number of hydrogen-bond donors (Lipinski definition) is 2. The van der Waals surface area contributed by atoms with E-state index in [0.717, 1.165) is 50.7 Å². The number of amides is 1. The molecule has 3 rings (SSSR count). The molecule has 1 heterocycles. The third-order valence-electron chi connectivity index (χ3n) is 7.07. The fourth-order valence-corrected chi connectivity index (χ4v) is 4.99.